The summed E-state index contributed by atoms with van der Waals surface area (Å²) in [7, 11) is 0. The van der Waals surface area contributed by atoms with Crippen LogP contribution in [0.2, 0.25) is 0 Å². The predicted octanol–water partition coefficient (Wildman–Crippen LogP) is 2.41. The molecular formula is C23H25N3O4. The maximum atomic E-state index is 13.2. The molecule has 2 bridgehead atoms. The molecule has 156 valence electrons. The fourth-order valence-electron chi connectivity index (χ4n) is 4.91. The zero-order valence-electron chi connectivity index (χ0n) is 17.1. The number of anilines is 1. The number of fused-ring (bicyclic) bond motifs is 1. The molecule has 3 aliphatic rings. The van der Waals surface area contributed by atoms with Crippen molar-refractivity contribution in [2.75, 3.05) is 11.4 Å². The molecule has 7 nitrogen and oxygen atoms in total. The van der Waals surface area contributed by atoms with Gasteiger partial charge in [0.1, 0.15) is 11.4 Å². The van der Waals surface area contributed by atoms with Crippen LogP contribution < -0.4 is 10.2 Å². The van der Waals surface area contributed by atoms with Crippen molar-refractivity contribution in [1.29, 1.82) is 0 Å². The lowest BCUT2D eigenvalue weighted by Gasteiger charge is -2.25. The van der Waals surface area contributed by atoms with Gasteiger partial charge in [-0.3, -0.25) is 14.5 Å². The minimum atomic E-state index is -0.760. The van der Waals surface area contributed by atoms with Crippen molar-refractivity contribution in [2.24, 2.45) is 11.8 Å². The summed E-state index contributed by atoms with van der Waals surface area (Å²) < 4.78 is 11.3. The van der Waals surface area contributed by atoms with Gasteiger partial charge in [0.05, 0.1) is 24.5 Å². The van der Waals surface area contributed by atoms with E-state index in [4.69, 9.17) is 9.26 Å². The number of aromatic nitrogens is 1. The zero-order valence-corrected chi connectivity index (χ0v) is 17.1. The lowest BCUT2D eigenvalue weighted by atomic mass is 9.76. The summed E-state index contributed by atoms with van der Waals surface area (Å²) in [4.78, 5) is 28.0. The molecule has 1 aromatic heterocycles. The molecule has 2 saturated heterocycles. The van der Waals surface area contributed by atoms with E-state index in [1.165, 1.54) is 5.56 Å². The highest BCUT2D eigenvalue weighted by molar-refractivity contribution is 6.02. The predicted molar refractivity (Wildman–Crippen MR) is 110 cm³/mol. The van der Waals surface area contributed by atoms with Crippen molar-refractivity contribution in [3.05, 3.63) is 59.9 Å². The van der Waals surface area contributed by atoms with Crippen LogP contribution >= 0.6 is 0 Å². The Hall–Kier alpha value is -2.93. The molecule has 1 aromatic carbocycles. The van der Waals surface area contributed by atoms with Crippen molar-refractivity contribution in [2.45, 2.75) is 44.4 Å². The molecule has 0 aliphatic carbocycles. The van der Waals surface area contributed by atoms with E-state index in [0.29, 0.717) is 18.1 Å². The lowest BCUT2D eigenvalue weighted by Crippen LogP contribution is -2.46. The highest BCUT2D eigenvalue weighted by atomic mass is 16.5. The normalized spacial score (nSPS) is 30.0. The lowest BCUT2D eigenvalue weighted by molar-refractivity contribution is -0.132. The molecule has 1 N–H and O–H groups in total. The molecule has 2 amide bonds. The molecule has 4 heterocycles. The average Bonchev–Trinajstić information content (AvgIpc) is 3.48. The molecule has 0 radical (unpaired) electrons. The molecule has 2 aromatic rings. The molecule has 7 heteroatoms. The van der Waals surface area contributed by atoms with Crippen LogP contribution in [0.1, 0.15) is 24.7 Å². The summed E-state index contributed by atoms with van der Waals surface area (Å²) in [6.45, 7) is 4.13. The van der Waals surface area contributed by atoms with Crippen LogP contribution in [-0.2, 0) is 20.7 Å². The quantitative estimate of drug-likeness (QED) is 0.744. The Morgan fingerprint density at radius 1 is 1.37 bits per heavy atom. The highest BCUT2D eigenvalue weighted by Crippen LogP contribution is 2.52. The SMILES string of the molecule is Cc1cc(N2C[C@@]34C=C[C@@H](O3)[C@H](C(=O)N[C@@H](C)CCc3ccccc3)[C@@H]4C2=O)no1. The molecule has 30 heavy (non-hydrogen) atoms. The number of nitrogens with one attached hydrogen (secondary N) is 1. The number of carbonyl (C=O) groups excluding carboxylic acids is 2. The second-order valence-electron chi connectivity index (χ2n) is 8.55. The fraction of sp³-hybridized carbons (Fsp3) is 0.435. The summed E-state index contributed by atoms with van der Waals surface area (Å²) in [6.07, 6.45) is 5.22. The Balaban J connectivity index is 1.28. The van der Waals surface area contributed by atoms with Gasteiger partial charge in [0, 0.05) is 12.1 Å². The number of nitrogens with zero attached hydrogens (tertiary/aromatic N) is 2. The van der Waals surface area contributed by atoms with E-state index in [1.54, 1.807) is 17.9 Å². The van der Waals surface area contributed by atoms with E-state index in [9.17, 15) is 9.59 Å². The number of hydrogen-bond acceptors (Lipinski definition) is 5. The van der Waals surface area contributed by atoms with Gasteiger partial charge in [0.25, 0.3) is 0 Å². The average molecular weight is 407 g/mol. The summed E-state index contributed by atoms with van der Waals surface area (Å²) in [5.74, 6) is -0.215. The Labute approximate surface area is 175 Å². The largest absolute Gasteiger partial charge is 0.360 e. The minimum Gasteiger partial charge on any atom is -0.360 e. The van der Waals surface area contributed by atoms with Crippen LogP contribution in [0.25, 0.3) is 0 Å². The van der Waals surface area contributed by atoms with Gasteiger partial charge in [-0.2, -0.15) is 0 Å². The maximum absolute atomic E-state index is 13.2. The minimum absolute atomic E-state index is 0.00237. The van der Waals surface area contributed by atoms with Gasteiger partial charge in [0.2, 0.25) is 11.8 Å². The third kappa shape index (κ3) is 3.04. The summed E-state index contributed by atoms with van der Waals surface area (Å²) in [6, 6.07) is 11.9. The Morgan fingerprint density at radius 3 is 2.90 bits per heavy atom. The van der Waals surface area contributed by atoms with E-state index in [-0.39, 0.29) is 24.0 Å². The monoisotopic (exact) mass is 407 g/mol. The number of hydrogen-bond donors (Lipinski definition) is 1. The fourth-order valence-corrected chi connectivity index (χ4v) is 4.91. The van der Waals surface area contributed by atoms with Crippen molar-refractivity contribution >= 4 is 17.6 Å². The van der Waals surface area contributed by atoms with Crippen LogP contribution in [-0.4, -0.2) is 41.3 Å². The van der Waals surface area contributed by atoms with Crippen LogP contribution in [0.4, 0.5) is 5.82 Å². The van der Waals surface area contributed by atoms with Gasteiger partial charge >= 0.3 is 0 Å². The Kier molecular flexibility index (Phi) is 4.50. The topological polar surface area (TPSA) is 84.7 Å². The van der Waals surface area contributed by atoms with Crippen LogP contribution in [0.3, 0.4) is 0 Å². The van der Waals surface area contributed by atoms with Crippen molar-refractivity contribution in [3.8, 4) is 0 Å². The number of benzene rings is 1. The van der Waals surface area contributed by atoms with Crippen molar-refractivity contribution in [3.63, 3.8) is 0 Å². The van der Waals surface area contributed by atoms with Gasteiger partial charge in [-0.05, 0) is 32.3 Å². The standard InChI is InChI=1S/C23H25N3O4/c1-14(8-9-16-6-4-3-5-7-16)24-21(27)19-17-10-11-23(29-17)13-26(22(28)20(19)23)18-12-15(2)30-25-18/h3-7,10-12,14,17,19-20H,8-9,13H2,1-2H3,(H,24,27)/t14-,17+,19-,20+,23+/m0/s1. The first-order valence-electron chi connectivity index (χ1n) is 10.4. The summed E-state index contributed by atoms with van der Waals surface area (Å²) >= 11 is 0. The van der Waals surface area contributed by atoms with Gasteiger partial charge in [-0.25, -0.2) is 0 Å². The van der Waals surface area contributed by atoms with E-state index in [0.717, 1.165) is 12.8 Å². The first-order valence-corrected chi connectivity index (χ1v) is 10.4. The van der Waals surface area contributed by atoms with Gasteiger partial charge in [-0.15, -0.1) is 0 Å². The van der Waals surface area contributed by atoms with Gasteiger partial charge < -0.3 is 14.6 Å². The van der Waals surface area contributed by atoms with Gasteiger partial charge in [-0.1, -0.05) is 47.6 Å². The van der Waals surface area contributed by atoms with E-state index in [2.05, 4.69) is 22.6 Å². The summed E-state index contributed by atoms with van der Waals surface area (Å²) in [5.41, 5.74) is 0.484. The third-order valence-corrected chi connectivity index (χ3v) is 6.39. The molecule has 2 fully saturated rings. The molecular weight excluding hydrogens is 382 g/mol. The highest BCUT2D eigenvalue weighted by Gasteiger charge is 2.67. The van der Waals surface area contributed by atoms with Crippen LogP contribution in [0.15, 0.2) is 53.1 Å². The second kappa shape index (κ2) is 7.09. The smallest absolute Gasteiger partial charge is 0.235 e. The zero-order chi connectivity index (χ0) is 20.9. The maximum Gasteiger partial charge on any atom is 0.235 e. The molecule has 5 rings (SSSR count). The van der Waals surface area contributed by atoms with Gasteiger partial charge in [0.15, 0.2) is 5.82 Å². The number of aryl methyl sites for hydroxylation is 2. The molecule has 0 saturated carbocycles. The number of rotatable bonds is 6. The van der Waals surface area contributed by atoms with Crippen molar-refractivity contribution < 1.29 is 18.8 Å². The van der Waals surface area contributed by atoms with Crippen LogP contribution in [0, 0.1) is 18.8 Å². The number of carbonyl (C=O) groups is 2. The van der Waals surface area contributed by atoms with E-state index < -0.39 is 17.4 Å². The summed E-state index contributed by atoms with van der Waals surface area (Å²) in [5, 5.41) is 7.08. The van der Waals surface area contributed by atoms with Crippen LogP contribution in [0.5, 0.6) is 0 Å². The number of ether oxygens (including phenoxy) is 1. The first-order chi connectivity index (χ1) is 14.5. The molecule has 3 aliphatic heterocycles. The van der Waals surface area contributed by atoms with E-state index in [1.807, 2.05) is 37.3 Å². The second-order valence-corrected chi connectivity index (χ2v) is 8.55. The molecule has 5 atom stereocenters. The third-order valence-electron chi connectivity index (χ3n) is 6.39. The Morgan fingerprint density at radius 2 is 2.17 bits per heavy atom. The first kappa shape index (κ1) is 19.1. The molecule has 0 unspecified atom stereocenters. The van der Waals surface area contributed by atoms with E-state index >= 15 is 0 Å². The number of amides is 2. The van der Waals surface area contributed by atoms with Crippen molar-refractivity contribution in [1.82, 2.24) is 10.5 Å². The molecule has 1 spiro atoms. The Bertz CT molecular complexity index is 1000.